The summed E-state index contributed by atoms with van der Waals surface area (Å²) >= 11 is 0. The minimum absolute atomic E-state index is 0.0653. The molecule has 0 saturated carbocycles. The molecule has 1 aromatic heterocycles. The zero-order chi connectivity index (χ0) is 15.6. The van der Waals surface area contributed by atoms with Crippen LogP contribution in [0.3, 0.4) is 0 Å². The number of carbonyl (C=O) groups excluding carboxylic acids is 1. The van der Waals surface area contributed by atoms with E-state index >= 15 is 0 Å². The van der Waals surface area contributed by atoms with Crippen molar-refractivity contribution < 1.29 is 9.21 Å². The summed E-state index contributed by atoms with van der Waals surface area (Å²) in [5.41, 5.74) is 0.491. The molecular weight excluding hydrogens is 282 g/mol. The van der Waals surface area contributed by atoms with E-state index in [1.165, 1.54) is 6.07 Å². The molecule has 3 rings (SSSR count). The van der Waals surface area contributed by atoms with Gasteiger partial charge in [0.15, 0.2) is 5.66 Å². The molecule has 0 bridgehead atoms. The van der Waals surface area contributed by atoms with Gasteiger partial charge in [0.25, 0.3) is 0 Å². The van der Waals surface area contributed by atoms with E-state index < -0.39 is 0 Å². The summed E-state index contributed by atoms with van der Waals surface area (Å²) in [6.07, 6.45) is 2.93. The van der Waals surface area contributed by atoms with Gasteiger partial charge in [0.2, 0.25) is 5.91 Å². The number of nitrogens with one attached hydrogen (secondary N) is 1. The molecule has 2 aromatic rings. The van der Waals surface area contributed by atoms with E-state index in [1.54, 1.807) is 24.3 Å². The Balaban J connectivity index is 1.61. The summed E-state index contributed by atoms with van der Waals surface area (Å²) in [5.74, 6) is -0.0653. The van der Waals surface area contributed by atoms with Crippen molar-refractivity contribution in [1.29, 1.82) is 0 Å². The Bertz CT molecular complexity index is 789. The van der Waals surface area contributed by atoms with Crippen molar-refractivity contribution >= 4 is 22.6 Å². The second-order valence-corrected chi connectivity index (χ2v) is 5.49. The highest BCUT2D eigenvalue weighted by atomic mass is 16.4. The SMILES string of the molecule is CCCC1(CCC(=O)Nc2ccc3oc(=O)ccc3c2)N=N1. The van der Waals surface area contributed by atoms with Crippen LogP contribution in [0.4, 0.5) is 5.69 Å². The first-order chi connectivity index (χ1) is 10.6. The summed E-state index contributed by atoms with van der Waals surface area (Å²) in [4.78, 5) is 23.1. The third-order valence-electron chi connectivity index (χ3n) is 3.69. The summed E-state index contributed by atoms with van der Waals surface area (Å²) in [5, 5.41) is 11.7. The fourth-order valence-electron chi connectivity index (χ4n) is 2.48. The smallest absolute Gasteiger partial charge is 0.336 e. The average Bonchev–Trinajstić information content (AvgIpc) is 3.26. The van der Waals surface area contributed by atoms with Crippen molar-refractivity contribution in [3.8, 4) is 0 Å². The molecule has 0 spiro atoms. The van der Waals surface area contributed by atoms with Gasteiger partial charge >= 0.3 is 5.63 Å². The normalized spacial score (nSPS) is 15.0. The lowest BCUT2D eigenvalue weighted by molar-refractivity contribution is -0.116. The number of hydrogen-bond acceptors (Lipinski definition) is 5. The molecule has 0 radical (unpaired) electrons. The van der Waals surface area contributed by atoms with E-state index in [0.717, 1.165) is 18.2 Å². The second-order valence-electron chi connectivity index (χ2n) is 5.49. The molecule has 0 unspecified atom stereocenters. The molecule has 2 heterocycles. The van der Waals surface area contributed by atoms with Gasteiger partial charge in [-0.15, -0.1) is 0 Å². The number of anilines is 1. The van der Waals surface area contributed by atoms with Gasteiger partial charge in [-0.2, -0.15) is 10.2 Å². The average molecular weight is 299 g/mol. The van der Waals surface area contributed by atoms with Crippen LogP contribution in [0.5, 0.6) is 0 Å². The molecule has 6 heteroatoms. The lowest BCUT2D eigenvalue weighted by Gasteiger charge is -2.09. The fraction of sp³-hybridized carbons (Fsp3) is 0.375. The van der Waals surface area contributed by atoms with Gasteiger partial charge in [-0.3, -0.25) is 4.79 Å². The Hall–Kier alpha value is -2.50. The van der Waals surface area contributed by atoms with E-state index in [0.29, 0.717) is 24.1 Å². The molecule has 1 aliphatic heterocycles. The van der Waals surface area contributed by atoms with Crippen LogP contribution in [0.1, 0.15) is 32.6 Å². The molecular formula is C16H17N3O3. The van der Waals surface area contributed by atoms with Crippen molar-refractivity contribution in [2.24, 2.45) is 10.2 Å². The van der Waals surface area contributed by atoms with E-state index in [2.05, 4.69) is 22.5 Å². The van der Waals surface area contributed by atoms with Gasteiger partial charge in [0.05, 0.1) is 0 Å². The molecule has 1 N–H and O–H groups in total. The van der Waals surface area contributed by atoms with Crippen LogP contribution >= 0.6 is 0 Å². The lowest BCUT2D eigenvalue weighted by atomic mass is 10.0. The largest absolute Gasteiger partial charge is 0.423 e. The van der Waals surface area contributed by atoms with Gasteiger partial charge in [-0.05, 0) is 30.7 Å². The molecule has 114 valence electrons. The number of nitrogens with zero attached hydrogens (tertiary/aromatic N) is 2. The van der Waals surface area contributed by atoms with E-state index in [1.807, 2.05) is 0 Å². The van der Waals surface area contributed by atoms with Crippen LogP contribution in [0.25, 0.3) is 11.0 Å². The topological polar surface area (TPSA) is 84.0 Å². The highest BCUT2D eigenvalue weighted by Gasteiger charge is 2.38. The Morgan fingerprint density at radius 2 is 2.05 bits per heavy atom. The third-order valence-corrected chi connectivity index (χ3v) is 3.69. The predicted molar refractivity (Wildman–Crippen MR) is 82.8 cm³/mol. The van der Waals surface area contributed by atoms with Crippen LogP contribution in [0, 0.1) is 0 Å². The van der Waals surface area contributed by atoms with Gasteiger partial charge < -0.3 is 9.73 Å². The molecule has 0 saturated heterocycles. The van der Waals surface area contributed by atoms with Gasteiger partial charge in [0, 0.05) is 30.0 Å². The number of hydrogen-bond donors (Lipinski definition) is 1. The maximum Gasteiger partial charge on any atom is 0.336 e. The van der Waals surface area contributed by atoms with Crippen molar-refractivity contribution in [2.75, 3.05) is 5.32 Å². The standard InChI is InChI=1S/C16H17N3O3/c1-2-8-16(18-19-16)9-7-14(20)17-12-4-5-13-11(10-12)3-6-15(21)22-13/h3-6,10H,2,7-9H2,1H3,(H,17,20). The molecule has 1 aromatic carbocycles. The third kappa shape index (κ3) is 3.21. The Labute approximate surface area is 127 Å². The highest BCUT2D eigenvalue weighted by molar-refractivity contribution is 5.93. The highest BCUT2D eigenvalue weighted by Crippen LogP contribution is 2.37. The van der Waals surface area contributed by atoms with E-state index in [9.17, 15) is 9.59 Å². The van der Waals surface area contributed by atoms with Crippen molar-refractivity contribution in [2.45, 2.75) is 38.3 Å². The monoisotopic (exact) mass is 299 g/mol. The molecule has 0 aliphatic carbocycles. The first-order valence-corrected chi connectivity index (χ1v) is 7.38. The maximum atomic E-state index is 12.0. The Morgan fingerprint density at radius 1 is 1.23 bits per heavy atom. The molecule has 1 amide bonds. The zero-order valence-corrected chi connectivity index (χ0v) is 12.3. The van der Waals surface area contributed by atoms with E-state index in [4.69, 9.17) is 4.42 Å². The molecule has 1 aliphatic rings. The molecule has 0 atom stereocenters. The van der Waals surface area contributed by atoms with Crippen LogP contribution in [0.2, 0.25) is 0 Å². The quantitative estimate of drug-likeness (QED) is 0.829. The molecule has 6 nitrogen and oxygen atoms in total. The van der Waals surface area contributed by atoms with Crippen LogP contribution in [0.15, 0.2) is 49.8 Å². The van der Waals surface area contributed by atoms with Gasteiger partial charge in [-0.1, -0.05) is 13.3 Å². The summed E-state index contributed by atoms with van der Waals surface area (Å²) in [6.45, 7) is 2.08. The number of rotatable bonds is 6. The number of carbonyl (C=O) groups is 1. The van der Waals surface area contributed by atoms with Crippen molar-refractivity contribution in [3.05, 3.63) is 40.8 Å². The van der Waals surface area contributed by atoms with Crippen LogP contribution < -0.4 is 10.9 Å². The minimum Gasteiger partial charge on any atom is -0.423 e. The summed E-state index contributed by atoms with van der Waals surface area (Å²) in [7, 11) is 0. The minimum atomic E-state index is -0.387. The summed E-state index contributed by atoms with van der Waals surface area (Å²) < 4.78 is 5.06. The van der Waals surface area contributed by atoms with Crippen molar-refractivity contribution in [3.63, 3.8) is 0 Å². The van der Waals surface area contributed by atoms with Crippen LogP contribution in [-0.4, -0.2) is 11.6 Å². The molecule has 22 heavy (non-hydrogen) atoms. The fourth-order valence-corrected chi connectivity index (χ4v) is 2.48. The summed E-state index contributed by atoms with van der Waals surface area (Å²) in [6, 6.07) is 8.21. The maximum absolute atomic E-state index is 12.0. The first kappa shape index (κ1) is 14.4. The second kappa shape index (κ2) is 5.71. The Morgan fingerprint density at radius 3 is 2.77 bits per heavy atom. The van der Waals surface area contributed by atoms with E-state index in [-0.39, 0.29) is 17.2 Å². The zero-order valence-electron chi connectivity index (χ0n) is 12.3. The number of benzene rings is 1. The molecule has 0 fully saturated rings. The lowest BCUT2D eigenvalue weighted by Crippen LogP contribution is -2.17. The first-order valence-electron chi connectivity index (χ1n) is 7.38. The predicted octanol–water partition coefficient (Wildman–Crippen LogP) is 3.47. The number of fused-ring (bicyclic) bond motifs is 1. The number of amides is 1. The van der Waals surface area contributed by atoms with Gasteiger partial charge in [0.1, 0.15) is 5.58 Å². The van der Waals surface area contributed by atoms with Gasteiger partial charge in [-0.25, -0.2) is 4.79 Å². The Kier molecular flexibility index (Phi) is 3.75. The van der Waals surface area contributed by atoms with Crippen molar-refractivity contribution in [1.82, 2.24) is 0 Å². The van der Waals surface area contributed by atoms with Crippen LogP contribution in [-0.2, 0) is 4.79 Å².